The zero-order valence-electron chi connectivity index (χ0n) is 11.9. The van der Waals surface area contributed by atoms with Crippen LogP contribution in [-0.2, 0) is 6.42 Å². The van der Waals surface area contributed by atoms with Crippen LogP contribution in [0.4, 0.5) is 0 Å². The Hall–Kier alpha value is -1.68. The molecule has 1 aliphatic carbocycles. The summed E-state index contributed by atoms with van der Waals surface area (Å²) in [4.78, 5) is 17.8. The highest BCUT2D eigenvalue weighted by Gasteiger charge is 2.34. The van der Waals surface area contributed by atoms with Gasteiger partial charge in [-0.25, -0.2) is 4.98 Å². The fourth-order valence-corrected chi connectivity index (χ4v) is 3.71. The van der Waals surface area contributed by atoms with Crippen LogP contribution in [0.3, 0.4) is 0 Å². The maximum absolute atomic E-state index is 12.2. The van der Waals surface area contributed by atoms with Crippen LogP contribution in [0.2, 0.25) is 0 Å². The molecular weight excluding hydrogens is 270 g/mol. The van der Waals surface area contributed by atoms with Crippen LogP contribution in [-0.4, -0.2) is 17.9 Å². The summed E-state index contributed by atoms with van der Waals surface area (Å²) in [5.74, 6) is 1.01. The molecule has 0 bridgehead atoms. The van der Waals surface area contributed by atoms with E-state index < -0.39 is 0 Å². The molecule has 0 amide bonds. The number of carbonyl (C=O) groups is 1. The zero-order chi connectivity index (χ0) is 14.3. The molecule has 0 radical (unpaired) electrons. The third-order valence-electron chi connectivity index (χ3n) is 3.57. The average Bonchev–Trinajstić information content (AvgIpc) is 2.81. The van der Waals surface area contributed by atoms with Gasteiger partial charge in [-0.3, -0.25) is 4.79 Å². The lowest BCUT2D eigenvalue weighted by Crippen LogP contribution is -2.25. The second-order valence-corrected chi connectivity index (χ2v) is 6.94. The number of thiazole rings is 1. The number of carbonyl (C=O) groups excluding carboxylic acids is 1. The van der Waals surface area contributed by atoms with Crippen LogP contribution >= 0.6 is 11.3 Å². The number of rotatable bonds is 2. The van der Waals surface area contributed by atoms with Gasteiger partial charge in [-0.05, 0) is 24.0 Å². The van der Waals surface area contributed by atoms with Crippen molar-refractivity contribution in [2.24, 2.45) is 5.41 Å². The van der Waals surface area contributed by atoms with Gasteiger partial charge in [0.1, 0.15) is 10.8 Å². The first-order chi connectivity index (χ1) is 9.50. The van der Waals surface area contributed by atoms with Gasteiger partial charge in [0.2, 0.25) is 0 Å². The molecule has 4 heteroatoms. The minimum Gasteiger partial charge on any atom is -0.496 e. The molecule has 3 nitrogen and oxygen atoms in total. The molecule has 1 aromatic carbocycles. The summed E-state index contributed by atoms with van der Waals surface area (Å²) in [6.07, 6.45) is 1.47. The van der Waals surface area contributed by atoms with Crippen LogP contribution in [0.5, 0.6) is 5.75 Å². The van der Waals surface area contributed by atoms with Crippen LogP contribution in [0.1, 0.15) is 35.6 Å². The first kappa shape index (κ1) is 13.3. The van der Waals surface area contributed by atoms with Crippen molar-refractivity contribution in [3.63, 3.8) is 0 Å². The number of aromatic nitrogens is 1. The fraction of sp³-hybridized carbons (Fsp3) is 0.375. The van der Waals surface area contributed by atoms with Gasteiger partial charge in [0.05, 0.1) is 23.2 Å². The summed E-state index contributed by atoms with van der Waals surface area (Å²) in [6.45, 7) is 4.24. The Kier molecular flexibility index (Phi) is 3.13. The number of para-hydroxylation sites is 1. The van der Waals surface area contributed by atoms with Gasteiger partial charge in [0, 0.05) is 6.42 Å². The molecular formula is C16H17NO2S. The molecule has 0 aliphatic heterocycles. The number of fused-ring (bicyclic) bond motifs is 1. The number of benzene rings is 1. The van der Waals surface area contributed by atoms with E-state index in [9.17, 15) is 4.79 Å². The Morgan fingerprint density at radius 2 is 2.00 bits per heavy atom. The summed E-state index contributed by atoms with van der Waals surface area (Å²) < 4.78 is 5.38. The van der Waals surface area contributed by atoms with Gasteiger partial charge in [-0.2, -0.15) is 0 Å². The highest BCUT2D eigenvalue weighted by molar-refractivity contribution is 7.17. The number of ether oxygens (including phenoxy) is 1. The van der Waals surface area contributed by atoms with Gasteiger partial charge in [-0.1, -0.05) is 26.0 Å². The summed E-state index contributed by atoms with van der Waals surface area (Å²) >= 11 is 1.49. The Labute approximate surface area is 122 Å². The van der Waals surface area contributed by atoms with E-state index in [2.05, 4.69) is 13.8 Å². The monoisotopic (exact) mass is 287 g/mol. The molecule has 104 valence electrons. The Morgan fingerprint density at radius 1 is 1.25 bits per heavy atom. The van der Waals surface area contributed by atoms with Crippen LogP contribution < -0.4 is 4.74 Å². The highest BCUT2D eigenvalue weighted by Crippen LogP contribution is 2.41. The maximum Gasteiger partial charge on any atom is 0.175 e. The summed E-state index contributed by atoms with van der Waals surface area (Å²) in [5, 5.41) is 0.874. The van der Waals surface area contributed by atoms with Crippen molar-refractivity contribution in [1.29, 1.82) is 0 Å². The lowest BCUT2D eigenvalue weighted by atomic mass is 9.78. The molecule has 0 saturated heterocycles. The lowest BCUT2D eigenvalue weighted by molar-refractivity contribution is 0.0916. The molecule has 1 aliphatic rings. The van der Waals surface area contributed by atoms with E-state index in [0.29, 0.717) is 6.42 Å². The lowest BCUT2D eigenvalue weighted by Gasteiger charge is -2.26. The number of hydrogen-bond donors (Lipinski definition) is 0. The third kappa shape index (κ3) is 2.24. The van der Waals surface area contributed by atoms with Crippen LogP contribution in [0, 0.1) is 5.41 Å². The van der Waals surface area contributed by atoms with Crippen molar-refractivity contribution >= 4 is 17.1 Å². The van der Waals surface area contributed by atoms with E-state index in [1.807, 2.05) is 24.3 Å². The van der Waals surface area contributed by atoms with Crippen molar-refractivity contribution in [2.75, 3.05) is 7.11 Å². The molecule has 1 heterocycles. The smallest absolute Gasteiger partial charge is 0.175 e. The average molecular weight is 287 g/mol. The quantitative estimate of drug-likeness (QED) is 0.839. The highest BCUT2D eigenvalue weighted by atomic mass is 32.1. The second kappa shape index (κ2) is 4.70. The summed E-state index contributed by atoms with van der Waals surface area (Å²) in [7, 11) is 1.65. The molecule has 0 atom stereocenters. The Bertz CT molecular complexity index is 673. The number of ketones is 1. The molecule has 0 fully saturated rings. The molecule has 0 unspecified atom stereocenters. The summed E-state index contributed by atoms with van der Waals surface area (Å²) in [5.41, 5.74) is 1.91. The maximum atomic E-state index is 12.2. The molecule has 0 spiro atoms. The predicted octanol–water partition coefficient (Wildman–Crippen LogP) is 3.97. The first-order valence-electron chi connectivity index (χ1n) is 6.66. The van der Waals surface area contributed by atoms with Crippen molar-refractivity contribution in [2.45, 2.75) is 26.7 Å². The van der Waals surface area contributed by atoms with E-state index >= 15 is 0 Å². The van der Waals surface area contributed by atoms with Crippen LogP contribution in [0.25, 0.3) is 10.6 Å². The topological polar surface area (TPSA) is 39.2 Å². The SMILES string of the molecule is COc1ccccc1-c1nc2c(s1)C(=O)CC(C)(C)C2. The van der Waals surface area contributed by atoms with Crippen molar-refractivity contribution in [1.82, 2.24) is 4.98 Å². The molecule has 0 N–H and O–H groups in total. The minimum absolute atomic E-state index is 0.0101. The van der Waals surface area contributed by atoms with Crippen molar-refractivity contribution < 1.29 is 9.53 Å². The van der Waals surface area contributed by atoms with Gasteiger partial charge >= 0.3 is 0 Å². The van der Waals surface area contributed by atoms with Crippen molar-refractivity contribution in [3.8, 4) is 16.3 Å². The number of hydrogen-bond acceptors (Lipinski definition) is 4. The molecule has 0 saturated carbocycles. The van der Waals surface area contributed by atoms with Crippen molar-refractivity contribution in [3.05, 3.63) is 34.8 Å². The van der Waals surface area contributed by atoms with Gasteiger partial charge < -0.3 is 4.74 Å². The standard InChI is InChI=1S/C16H17NO2S/c1-16(2)8-11-14(12(18)9-16)20-15(17-11)10-6-4-5-7-13(10)19-3/h4-7H,8-9H2,1-3H3. The second-order valence-electron chi connectivity index (χ2n) is 5.94. The number of Topliss-reactive ketones (excluding diaryl/α,β-unsaturated/α-hetero) is 1. The van der Waals surface area contributed by atoms with E-state index in [4.69, 9.17) is 9.72 Å². The normalized spacial score (nSPS) is 16.9. The third-order valence-corrected chi connectivity index (χ3v) is 4.75. The Balaban J connectivity index is 2.08. The first-order valence-corrected chi connectivity index (χ1v) is 7.48. The van der Waals surface area contributed by atoms with E-state index in [1.54, 1.807) is 7.11 Å². The van der Waals surface area contributed by atoms with E-state index in [-0.39, 0.29) is 11.2 Å². The molecule has 1 aromatic heterocycles. The zero-order valence-corrected chi connectivity index (χ0v) is 12.7. The van der Waals surface area contributed by atoms with Gasteiger partial charge in [0.25, 0.3) is 0 Å². The predicted molar refractivity (Wildman–Crippen MR) is 80.5 cm³/mol. The number of methoxy groups -OCH3 is 1. The van der Waals surface area contributed by atoms with E-state index in [0.717, 1.165) is 33.3 Å². The van der Waals surface area contributed by atoms with Gasteiger partial charge in [-0.15, -0.1) is 11.3 Å². The minimum atomic E-state index is 0.0101. The van der Waals surface area contributed by atoms with Gasteiger partial charge in [0.15, 0.2) is 5.78 Å². The van der Waals surface area contributed by atoms with Crippen LogP contribution in [0.15, 0.2) is 24.3 Å². The molecule has 2 aromatic rings. The molecule has 3 rings (SSSR count). The Morgan fingerprint density at radius 3 is 2.75 bits per heavy atom. The van der Waals surface area contributed by atoms with E-state index in [1.165, 1.54) is 11.3 Å². The number of nitrogens with zero attached hydrogens (tertiary/aromatic N) is 1. The fourth-order valence-electron chi connectivity index (χ4n) is 2.66. The summed E-state index contributed by atoms with van der Waals surface area (Å²) in [6, 6.07) is 7.80. The largest absolute Gasteiger partial charge is 0.496 e. The molecule has 20 heavy (non-hydrogen) atoms.